The summed E-state index contributed by atoms with van der Waals surface area (Å²) in [4.78, 5) is 4.76. The van der Waals surface area contributed by atoms with Crippen LogP contribution in [0.25, 0.3) is 11.3 Å². The number of benzene rings is 2. The maximum Gasteiger partial charge on any atom is 0.170 e. The minimum atomic E-state index is 0.525. The number of fused-ring (bicyclic) bond motifs is 3. The lowest BCUT2D eigenvalue weighted by molar-refractivity contribution is 0.0303. The maximum absolute atomic E-state index is 5.52. The molecule has 3 aromatic rings. The molecule has 178 valence electrons. The van der Waals surface area contributed by atoms with Crippen molar-refractivity contribution in [3.05, 3.63) is 66.4 Å². The first-order valence-electron chi connectivity index (χ1n) is 12.1. The second-order valence-electron chi connectivity index (χ2n) is 9.76. The van der Waals surface area contributed by atoms with Crippen LogP contribution in [0.4, 0.5) is 11.4 Å². The molecular weight excluding hydrogens is 440 g/mol. The first-order valence-corrected chi connectivity index (χ1v) is 12.5. The van der Waals surface area contributed by atoms with Crippen molar-refractivity contribution in [2.75, 3.05) is 43.9 Å². The third-order valence-electron chi connectivity index (χ3n) is 7.38. The van der Waals surface area contributed by atoms with Crippen LogP contribution in [0.2, 0.25) is 0 Å². The van der Waals surface area contributed by atoms with Crippen LogP contribution in [0.5, 0.6) is 0 Å². The fourth-order valence-corrected chi connectivity index (χ4v) is 5.69. The predicted octanol–water partition coefficient (Wildman–Crippen LogP) is 4.32. The zero-order chi connectivity index (χ0) is 23.7. The lowest BCUT2D eigenvalue weighted by Crippen LogP contribution is -2.56. The van der Waals surface area contributed by atoms with Crippen molar-refractivity contribution in [1.82, 2.24) is 20.0 Å². The summed E-state index contributed by atoms with van der Waals surface area (Å²) in [5, 5.41) is 12.3. The van der Waals surface area contributed by atoms with E-state index in [1.54, 1.807) is 0 Å². The maximum atomic E-state index is 5.52. The highest BCUT2D eigenvalue weighted by molar-refractivity contribution is 7.80. The van der Waals surface area contributed by atoms with Crippen LogP contribution in [-0.2, 0) is 7.05 Å². The van der Waals surface area contributed by atoms with Gasteiger partial charge >= 0.3 is 0 Å². The van der Waals surface area contributed by atoms with E-state index < -0.39 is 0 Å². The van der Waals surface area contributed by atoms with Gasteiger partial charge in [-0.05, 0) is 67.9 Å². The van der Waals surface area contributed by atoms with Crippen LogP contribution in [-0.4, -0.2) is 59.6 Å². The largest absolute Gasteiger partial charge is 0.378 e. The van der Waals surface area contributed by atoms with Gasteiger partial charge < -0.3 is 15.5 Å². The van der Waals surface area contributed by atoms with E-state index in [4.69, 9.17) is 17.3 Å². The second kappa shape index (κ2) is 9.76. The van der Waals surface area contributed by atoms with Gasteiger partial charge in [0.2, 0.25) is 0 Å². The lowest BCUT2D eigenvalue weighted by atomic mass is 9.74. The quantitative estimate of drug-likeness (QED) is 0.519. The number of para-hydroxylation sites is 1. The SMILES string of the molecule is CN(C)c1ccc(-c2cc(C3CN4CCC3CC4CNC(=S)Nc3ccccc3)n(C)n2)cc1. The van der Waals surface area contributed by atoms with Crippen LogP contribution in [0.3, 0.4) is 0 Å². The summed E-state index contributed by atoms with van der Waals surface area (Å²) < 4.78 is 2.10. The molecule has 4 unspecified atom stereocenters. The molecule has 6 nitrogen and oxygen atoms in total. The molecule has 1 aromatic heterocycles. The molecule has 0 aliphatic carbocycles. The van der Waals surface area contributed by atoms with Gasteiger partial charge in [-0.15, -0.1) is 0 Å². The molecule has 4 heterocycles. The number of aromatic nitrogens is 2. The molecule has 0 radical (unpaired) electrons. The van der Waals surface area contributed by atoms with Crippen molar-refractivity contribution in [1.29, 1.82) is 0 Å². The number of anilines is 2. The van der Waals surface area contributed by atoms with E-state index in [0.717, 1.165) is 24.5 Å². The molecule has 6 rings (SSSR count). The van der Waals surface area contributed by atoms with Crippen molar-refractivity contribution < 1.29 is 0 Å². The summed E-state index contributed by atoms with van der Waals surface area (Å²) in [5.41, 5.74) is 5.82. The van der Waals surface area contributed by atoms with E-state index in [2.05, 4.69) is 76.6 Å². The third-order valence-corrected chi connectivity index (χ3v) is 7.63. The van der Waals surface area contributed by atoms with Crippen LogP contribution in [0.1, 0.15) is 24.5 Å². The van der Waals surface area contributed by atoms with Crippen LogP contribution < -0.4 is 15.5 Å². The number of rotatable bonds is 6. The van der Waals surface area contributed by atoms with Gasteiger partial charge in [0.1, 0.15) is 0 Å². The zero-order valence-electron chi connectivity index (χ0n) is 20.2. The van der Waals surface area contributed by atoms with Gasteiger partial charge in [0.15, 0.2) is 5.11 Å². The summed E-state index contributed by atoms with van der Waals surface area (Å²) in [7, 11) is 6.23. The molecule has 2 aromatic carbocycles. The molecule has 2 bridgehead atoms. The smallest absolute Gasteiger partial charge is 0.170 e. The molecule has 3 aliphatic rings. The van der Waals surface area contributed by atoms with E-state index in [0.29, 0.717) is 23.0 Å². The summed E-state index contributed by atoms with van der Waals surface area (Å²) in [6.45, 7) is 3.15. The Labute approximate surface area is 207 Å². The molecule has 0 spiro atoms. The Morgan fingerprint density at radius 3 is 2.56 bits per heavy atom. The van der Waals surface area contributed by atoms with Crippen LogP contribution in [0, 0.1) is 5.92 Å². The number of nitrogens with zero attached hydrogens (tertiary/aromatic N) is 4. The molecule has 0 saturated carbocycles. The Bertz CT molecular complexity index is 1120. The first kappa shape index (κ1) is 22.9. The fraction of sp³-hybridized carbons (Fsp3) is 0.407. The van der Waals surface area contributed by atoms with Gasteiger partial charge in [-0.3, -0.25) is 9.58 Å². The highest BCUT2D eigenvalue weighted by Gasteiger charge is 2.41. The van der Waals surface area contributed by atoms with E-state index in [1.165, 1.54) is 36.3 Å². The van der Waals surface area contributed by atoms with Gasteiger partial charge in [-0.25, -0.2) is 0 Å². The number of nitrogens with one attached hydrogen (secondary N) is 2. The molecule has 3 aliphatic heterocycles. The highest BCUT2D eigenvalue weighted by Crippen LogP contribution is 2.42. The van der Waals surface area contributed by atoms with E-state index in [-0.39, 0.29) is 0 Å². The number of hydrogen-bond acceptors (Lipinski definition) is 4. The first-order chi connectivity index (χ1) is 16.5. The van der Waals surface area contributed by atoms with Crippen molar-refractivity contribution in [3.63, 3.8) is 0 Å². The number of aryl methyl sites for hydroxylation is 1. The normalized spacial score (nSPS) is 23.5. The Morgan fingerprint density at radius 1 is 1.12 bits per heavy atom. The fourth-order valence-electron chi connectivity index (χ4n) is 5.49. The molecule has 3 saturated heterocycles. The van der Waals surface area contributed by atoms with Gasteiger partial charge in [-0.1, -0.05) is 30.3 Å². The number of thiocarbonyl (C=S) groups is 1. The van der Waals surface area contributed by atoms with Gasteiger partial charge in [-0.2, -0.15) is 5.10 Å². The number of piperidine rings is 3. The highest BCUT2D eigenvalue weighted by atomic mass is 32.1. The van der Waals surface area contributed by atoms with E-state index in [9.17, 15) is 0 Å². The Hall–Kier alpha value is -2.90. The minimum absolute atomic E-state index is 0.525. The predicted molar refractivity (Wildman–Crippen MR) is 144 cm³/mol. The van der Waals surface area contributed by atoms with Crippen molar-refractivity contribution in [2.24, 2.45) is 13.0 Å². The Morgan fingerprint density at radius 2 is 1.88 bits per heavy atom. The molecule has 0 amide bonds. The minimum Gasteiger partial charge on any atom is -0.378 e. The summed E-state index contributed by atoms with van der Waals surface area (Å²) in [6, 6.07) is 21.6. The summed E-state index contributed by atoms with van der Waals surface area (Å²) >= 11 is 5.52. The topological polar surface area (TPSA) is 48.4 Å². The monoisotopic (exact) mass is 474 g/mol. The van der Waals surface area contributed by atoms with Gasteiger partial charge in [0.05, 0.1) is 5.69 Å². The van der Waals surface area contributed by atoms with Crippen molar-refractivity contribution in [3.8, 4) is 11.3 Å². The molecule has 2 N–H and O–H groups in total. The number of hydrogen-bond donors (Lipinski definition) is 2. The van der Waals surface area contributed by atoms with Crippen LogP contribution in [0.15, 0.2) is 60.7 Å². The molecular formula is C27H34N6S. The second-order valence-corrected chi connectivity index (χ2v) is 10.2. The molecule has 34 heavy (non-hydrogen) atoms. The Balaban J connectivity index is 1.22. The van der Waals surface area contributed by atoms with E-state index in [1.807, 2.05) is 30.3 Å². The van der Waals surface area contributed by atoms with Gasteiger partial charge in [0, 0.05) is 68.8 Å². The summed E-state index contributed by atoms with van der Waals surface area (Å²) in [5.74, 6) is 1.22. The molecule has 4 atom stereocenters. The standard InChI is InChI=1S/C27H34N6S/c1-31(2)22-11-9-19(10-12-22)25-16-26(32(3)30-25)24-18-33-14-13-20(24)15-23(33)17-28-27(34)29-21-7-5-4-6-8-21/h4-12,16,20,23-24H,13-15,17-18H2,1-3H3,(H2,28,29,34). The Kier molecular flexibility index (Phi) is 6.57. The average molecular weight is 475 g/mol. The van der Waals surface area contributed by atoms with Gasteiger partial charge in [0.25, 0.3) is 0 Å². The molecule has 7 heteroatoms. The zero-order valence-corrected chi connectivity index (χ0v) is 21.1. The third kappa shape index (κ3) is 4.81. The summed E-state index contributed by atoms with van der Waals surface area (Å²) in [6.07, 6.45) is 2.45. The average Bonchev–Trinajstić information content (AvgIpc) is 3.25. The molecule has 3 fully saturated rings. The van der Waals surface area contributed by atoms with Crippen molar-refractivity contribution in [2.45, 2.75) is 24.8 Å². The van der Waals surface area contributed by atoms with Crippen molar-refractivity contribution >= 4 is 28.7 Å². The van der Waals surface area contributed by atoms with Crippen LogP contribution >= 0.6 is 12.2 Å². The van der Waals surface area contributed by atoms with E-state index >= 15 is 0 Å². The lowest BCUT2D eigenvalue weighted by Gasteiger charge is -2.50.